The third-order valence-corrected chi connectivity index (χ3v) is 5.28. The molecule has 0 bridgehead atoms. The van der Waals surface area contributed by atoms with Gasteiger partial charge in [-0.2, -0.15) is 0 Å². The Bertz CT molecular complexity index is 435. The Morgan fingerprint density at radius 1 is 0.667 bits per heavy atom. The summed E-state index contributed by atoms with van der Waals surface area (Å²) in [4.78, 5) is 0. The van der Waals surface area contributed by atoms with Crippen molar-refractivity contribution in [2.45, 2.75) is 32.5 Å². The Hall–Kier alpha value is -1.34. The van der Waals surface area contributed by atoms with Gasteiger partial charge in [0.25, 0.3) is 0 Å². The SMILES string of the molecule is Cc1ccc(C[Si](C)Cc2ccc(C)cc2)cc1. The highest BCUT2D eigenvalue weighted by Gasteiger charge is 2.07. The van der Waals surface area contributed by atoms with E-state index in [1.54, 1.807) is 0 Å². The van der Waals surface area contributed by atoms with Gasteiger partial charge in [-0.15, -0.1) is 0 Å². The molecule has 0 aliphatic carbocycles. The second-order valence-corrected chi connectivity index (χ2v) is 7.90. The zero-order valence-corrected chi connectivity index (χ0v) is 12.5. The van der Waals surface area contributed by atoms with Gasteiger partial charge in [0.15, 0.2) is 0 Å². The van der Waals surface area contributed by atoms with Gasteiger partial charge in [0.05, 0.1) is 8.80 Å². The van der Waals surface area contributed by atoms with Crippen LogP contribution in [0.1, 0.15) is 22.3 Å². The van der Waals surface area contributed by atoms with Crippen LogP contribution in [-0.2, 0) is 12.1 Å². The minimum absolute atomic E-state index is 0.320. The van der Waals surface area contributed by atoms with Crippen molar-refractivity contribution in [1.82, 2.24) is 0 Å². The standard InChI is InChI=1S/C17H21Si/c1-14-4-8-16(9-5-14)12-18(3)13-17-10-6-15(2)7-11-17/h4-11H,12-13H2,1-3H3. The molecule has 93 valence electrons. The van der Waals surface area contributed by atoms with Crippen molar-refractivity contribution < 1.29 is 0 Å². The topological polar surface area (TPSA) is 0 Å². The van der Waals surface area contributed by atoms with E-state index in [9.17, 15) is 0 Å². The average Bonchev–Trinajstić information content (AvgIpc) is 2.35. The largest absolute Gasteiger partial charge is 0.0706 e. The van der Waals surface area contributed by atoms with Gasteiger partial charge in [0.2, 0.25) is 0 Å². The van der Waals surface area contributed by atoms with Crippen molar-refractivity contribution in [2.24, 2.45) is 0 Å². The van der Waals surface area contributed by atoms with E-state index in [4.69, 9.17) is 0 Å². The smallest absolute Gasteiger partial charge is 0.0538 e. The monoisotopic (exact) mass is 253 g/mol. The van der Waals surface area contributed by atoms with Crippen molar-refractivity contribution in [3.05, 3.63) is 70.8 Å². The molecule has 0 saturated heterocycles. The highest BCUT2D eigenvalue weighted by molar-refractivity contribution is 6.56. The molecule has 0 N–H and O–H groups in total. The van der Waals surface area contributed by atoms with Crippen LogP contribution in [0.5, 0.6) is 0 Å². The first-order valence-electron chi connectivity index (χ1n) is 6.56. The average molecular weight is 253 g/mol. The molecule has 0 unspecified atom stereocenters. The van der Waals surface area contributed by atoms with Crippen LogP contribution in [0.15, 0.2) is 48.5 Å². The summed E-state index contributed by atoms with van der Waals surface area (Å²) in [6.07, 6.45) is 0. The first kappa shape index (κ1) is 13.1. The fraction of sp³-hybridized carbons (Fsp3) is 0.294. The highest BCUT2D eigenvalue weighted by atomic mass is 28.3. The van der Waals surface area contributed by atoms with E-state index in [-0.39, 0.29) is 8.80 Å². The van der Waals surface area contributed by atoms with E-state index in [0.717, 1.165) is 0 Å². The van der Waals surface area contributed by atoms with Gasteiger partial charge in [-0.05, 0) is 25.9 Å². The van der Waals surface area contributed by atoms with Crippen LogP contribution >= 0.6 is 0 Å². The molecular weight excluding hydrogens is 232 g/mol. The Kier molecular flexibility index (Phi) is 4.37. The van der Waals surface area contributed by atoms with Crippen LogP contribution in [0.4, 0.5) is 0 Å². The Morgan fingerprint density at radius 2 is 1.00 bits per heavy atom. The van der Waals surface area contributed by atoms with Gasteiger partial charge < -0.3 is 0 Å². The summed E-state index contributed by atoms with van der Waals surface area (Å²) < 4.78 is 0. The number of aryl methyl sites for hydroxylation is 2. The number of benzene rings is 2. The molecule has 2 aromatic rings. The fourth-order valence-electron chi connectivity index (χ4n) is 2.17. The molecule has 0 nitrogen and oxygen atoms in total. The normalized spacial score (nSPS) is 10.9. The summed E-state index contributed by atoms with van der Waals surface area (Å²) in [6, 6.07) is 20.5. The van der Waals surface area contributed by atoms with Crippen molar-refractivity contribution in [3.63, 3.8) is 0 Å². The molecule has 0 aliphatic rings. The molecule has 0 aliphatic heterocycles. The van der Waals surface area contributed by atoms with Gasteiger partial charge in [0, 0.05) is 0 Å². The Labute approximate surface area is 112 Å². The summed E-state index contributed by atoms with van der Waals surface area (Å²) in [5, 5.41) is 0. The minimum Gasteiger partial charge on any atom is -0.0706 e. The molecule has 0 fully saturated rings. The van der Waals surface area contributed by atoms with E-state index in [1.807, 2.05) is 0 Å². The van der Waals surface area contributed by atoms with Gasteiger partial charge in [-0.3, -0.25) is 0 Å². The second kappa shape index (κ2) is 6.01. The minimum atomic E-state index is -0.320. The lowest BCUT2D eigenvalue weighted by atomic mass is 10.2. The molecule has 1 heteroatoms. The van der Waals surface area contributed by atoms with Crippen LogP contribution in [0.3, 0.4) is 0 Å². The summed E-state index contributed by atoms with van der Waals surface area (Å²) in [7, 11) is -0.320. The molecule has 1 radical (unpaired) electrons. The van der Waals surface area contributed by atoms with E-state index in [0.29, 0.717) is 0 Å². The van der Waals surface area contributed by atoms with Gasteiger partial charge in [-0.25, -0.2) is 0 Å². The van der Waals surface area contributed by atoms with Crippen molar-refractivity contribution >= 4 is 8.80 Å². The third-order valence-electron chi connectivity index (χ3n) is 3.25. The fourth-order valence-corrected chi connectivity index (χ4v) is 4.16. The van der Waals surface area contributed by atoms with E-state index < -0.39 is 0 Å². The molecule has 0 atom stereocenters. The summed E-state index contributed by atoms with van der Waals surface area (Å²) >= 11 is 0. The summed E-state index contributed by atoms with van der Waals surface area (Å²) in [5.41, 5.74) is 5.68. The first-order valence-corrected chi connectivity index (χ1v) is 8.97. The van der Waals surface area contributed by atoms with Crippen molar-refractivity contribution in [3.8, 4) is 0 Å². The zero-order chi connectivity index (χ0) is 13.0. The molecule has 0 amide bonds. The van der Waals surface area contributed by atoms with Gasteiger partial charge in [-0.1, -0.05) is 77.3 Å². The predicted octanol–water partition coefficient (Wildman–Crippen LogP) is 4.29. The molecule has 0 aromatic heterocycles. The van der Waals surface area contributed by atoms with Crippen molar-refractivity contribution in [2.75, 3.05) is 0 Å². The zero-order valence-electron chi connectivity index (χ0n) is 11.5. The molecule has 18 heavy (non-hydrogen) atoms. The molecule has 2 rings (SSSR count). The van der Waals surface area contributed by atoms with Gasteiger partial charge >= 0.3 is 0 Å². The van der Waals surface area contributed by atoms with E-state index in [1.165, 1.54) is 34.3 Å². The molecular formula is C17H21Si. The lowest BCUT2D eigenvalue weighted by molar-refractivity contribution is 1.25. The van der Waals surface area contributed by atoms with Crippen LogP contribution in [-0.4, -0.2) is 8.80 Å². The van der Waals surface area contributed by atoms with Crippen LogP contribution in [0, 0.1) is 13.8 Å². The highest BCUT2D eigenvalue weighted by Crippen LogP contribution is 2.10. The number of hydrogen-bond donors (Lipinski definition) is 0. The molecule has 0 spiro atoms. The summed E-state index contributed by atoms with van der Waals surface area (Å²) in [6.45, 7) is 6.73. The molecule has 2 aromatic carbocycles. The number of hydrogen-bond acceptors (Lipinski definition) is 0. The third kappa shape index (κ3) is 3.85. The van der Waals surface area contributed by atoms with Crippen molar-refractivity contribution in [1.29, 1.82) is 0 Å². The van der Waals surface area contributed by atoms with E-state index >= 15 is 0 Å². The maximum atomic E-state index is 2.43. The predicted molar refractivity (Wildman–Crippen MR) is 81.4 cm³/mol. The van der Waals surface area contributed by atoms with Crippen LogP contribution < -0.4 is 0 Å². The van der Waals surface area contributed by atoms with Gasteiger partial charge in [0.1, 0.15) is 0 Å². The first-order chi connectivity index (χ1) is 8.63. The lowest BCUT2D eigenvalue weighted by Gasteiger charge is -2.10. The lowest BCUT2D eigenvalue weighted by Crippen LogP contribution is -2.16. The van der Waals surface area contributed by atoms with Crippen LogP contribution in [0.25, 0.3) is 0 Å². The molecule has 0 saturated carbocycles. The Balaban J connectivity index is 1.94. The number of rotatable bonds is 4. The van der Waals surface area contributed by atoms with Crippen LogP contribution in [0.2, 0.25) is 6.55 Å². The second-order valence-electron chi connectivity index (χ2n) is 5.28. The quantitative estimate of drug-likeness (QED) is 0.713. The maximum Gasteiger partial charge on any atom is 0.0538 e. The summed E-state index contributed by atoms with van der Waals surface area (Å²) in [5.74, 6) is 0. The van der Waals surface area contributed by atoms with E-state index in [2.05, 4.69) is 68.9 Å². The molecule has 0 heterocycles. The maximum absolute atomic E-state index is 2.43. The Morgan fingerprint density at radius 3 is 1.33 bits per heavy atom.